The van der Waals surface area contributed by atoms with E-state index in [9.17, 15) is 33.8 Å². The van der Waals surface area contributed by atoms with Crippen LogP contribution in [0.3, 0.4) is 0 Å². The number of phenolic OH excluding ortho intramolecular Hbond substituents is 1. The zero-order chi connectivity index (χ0) is 38.3. The molecule has 0 aromatic heterocycles. The highest BCUT2D eigenvalue weighted by atomic mass is 35.5. The summed E-state index contributed by atoms with van der Waals surface area (Å²) >= 11 is 6.38. The Morgan fingerprint density at radius 2 is 1.67 bits per heavy atom. The van der Waals surface area contributed by atoms with Crippen LogP contribution in [0.25, 0.3) is 0 Å². The first kappa shape index (κ1) is 34.5. The van der Waals surface area contributed by atoms with Crippen LogP contribution in [0.4, 0.5) is 15.8 Å². The lowest BCUT2D eigenvalue weighted by atomic mass is 9.48. The number of fused-ring (bicyclic) bond motifs is 5. The van der Waals surface area contributed by atoms with Gasteiger partial charge in [0, 0.05) is 22.9 Å². The summed E-state index contributed by atoms with van der Waals surface area (Å²) in [5.41, 5.74) is 4.11. The number of nitrogens with zero attached hydrogens (tertiary/aromatic N) is 2. The normalized spacial score (nSPS) is 26.7. The number of carboxylic acid groups (broad SMARTS) is 1. The predicted octanol–water partition coefficient (Wildman–Crippen LogP) is 6.42. The Kier molecular flexibility index (Phi) is 7.94. The molecular weight excluding hydrogens is 729 g/mol. The van der Waals surface area contributed by atoms with E-state index in [1.807, 2.05) is 6.08 Å². The van der Waals surface area contributed by atoms with Crippen molar-refractivity contribution in [3.05, 3.63) is 142 Å². The minimum atomic E-state index is -1.60. The largest absolute Gasteiger partial charge is 0.508 e. The second-order valence-corrected chi connectivity index (χ2v) is 15.0. The lowest BCUT2D eigenvalue weighted by molar-refractivity contribution is -0.139. The fraction of sp³-hybridized carbons (Fsp3) is 0.214. The van der Waals surface area contributed by atoms with E-state index in [0.717, 1.165) is 9.91 Å². The van der Waals surface area contributed by atoms with Crippen LogP contribution in [0.1, 0.15) is 34.3 Å². The van der Waals surface area contributed by atoms with E-state index in [0.29, 0.717) is 38.7 Å². The van der Waals surface area contributed by atoms with Crippen LogP contribution in [0.5, 0.6) is 11.5 Å². The molecule has 3 fully saturated rings. The second-order valence-electron chi connectivity index (χ2n) is 14.5. The minimum absolute atomic E-state index is 0.0130. The fourth-order valence-corrected chi connectivity index (χ4v) is 9.63. The highest BCUT2D eigenvalue weighted by Crippen LogP contribution is 2.63. The number of rotatable bonds is 6. The summed E-state index contributed by atoms with van der Waals surface area (Å²) in [6.07, 6.45) is 3.86. The van der Waals surface area contributed by atoms with Crippen molar-refractivity contribution in [1.29, 1.82) is 0 Å². The van der Waals surface area contributed by atoms with Gasteiger partial charge in [0.15, 0.2) is 0 Å². The van der Waals surface area contributed by atoms with Crippen molar-refractivity contribution >= 4 is 52.6 Å². The van der Waals surface area contributed by atoms with Gasteiger partial charge in [0.05, 0.1) is 46.4 Å². The summed E-state index contributed by atoms with van der Waals surface area (Å²) in [5.74, 6) is -7.70. The Morgan fingerprint density at radius 3 is 2.42 bits per heavy atom. The maximum absolute atomic E-state index is 15.3. The molecule has 3 heterocycles. The lowest BCUT2D eigenvalue weighted by Gasteiger charge is -2.51. The number of nitrogens with one attached hydrogen (secondary N) is 1. The van der Waals surface area contributed by atoms with Crippen molar-refractivity contribution in [1.82, 2.24) is 5.01 Å². The van der Waals surface area contributed by atoms with Crippen LogP contribution >= 0.6 is 11.6 Å². The van der Waals surface area contributed by atoms with Crippen molar-refractivity contribution in [2.24, 2.45) is 29.6 Å². The van der Waals surface area contributed by atoms with Gasteiger partial charge in [-0.25, -0.2) is 9.18 Å². The zero-order valence-corrected chi connectivity index (χ0v) is 29.6. The van der Waals surface area contributed by atoms with Crippen LogP contribution in [-0.2, 0) is 31.0 Å². The summed E-state index contributed by atoms with van der Waals surface area (Å²) in [7, 11) is 0. The molecule has 0 spiro atoms. The fourth-order valence-electron chi connectivity index (χ4n) is 9.50. The van der Waals surface area contributed by atoms with Gasteiger partial charge in [0.25, 0.3) is 11.8 Å². The van der Waals surface area contributed by atoms with E-state index in [-0.39, 0.29) is 36.3 Å². The molecule has 0 radical (unpaired) electrons. The molecule has 11 nitrogen and oxygen atoms in total. The van der Waals surface area contributed by atoms with Crippen molar-refractivity contribution in [3.8, 4) is 11.5 Å². The number of benzene rings is 4. The number of amides is 4. The van der Waals surface area contributed by atoms with Crippen molar-refractivity contribution in [2.75, 3.05) is 10.3 Å². The molecule has 4 aromatic carbocycles. The van der Waals surface area contributed by atoms with Crippen molar-refractivity contribution < 1.29 is 43.3 Å². The first-order valence-electron chi connectivity index (χ1n) is 17.7. The molecule has 6 unspecified atom stereocenters. The number of anilines is 2. The monoisotopic (exact) mass is 759 g/mol. The number of carbonyl (C=O) groups is 5. The van der Waals surface area contributed by atoms with Gasteiger partial charge in [-0.05, 0) is 103 Å². The van der Waals surface area contributed by atoms with Gasteiger partial charge in [0.2, 0.25) is 11.8 Å². The number of phenols is 1. The topological polar surface area (TPSA) is 154 Å². The third-order valence-corrected chi connectivity index (χ3v) is 12.0. The lowest BCUT2D eigenvalue weighted by Crippen LogP contribution is -2.55. The first-order chi connectivity index (χ1) is 26.5. The van der Waals surface area contributed by atoms with Crippen molar-refractivity contribution in [3.63, 3.8) is 0 Å². The maximum atomic E-state index is 15.3. The average Bonchev–Trinajstić information content (AvgIpc) is 3.56. The number of hydrogen-bond acceptors (Lipinski definition) is 8. The molecule has 1 saturated carbocycles. The SMILES string of the molecule is O=C(O)c1cccc(N2C(=O)C3CC=C4C(CC5C(=O)N(Nc6ccc(F)cc6)C(=O)C5(c5ccc(Cl)cc5)C4C4=COc5ccc(O)cc5C4)C3C2=O)c1. The number of hydrazine groups is 1. The van der Waals surface area contributed by atoms with Crippen LogP contribution in [0.15, 0.2) is 114 Å². The van der Waals surface area contributed by atoms with Gasteiger partial charge in [-0.2, -0.15) is 5.01 Å². The van der Waals surface area contributed by atoms with E-state index >= 15 is 4.79 Å². The number of carboxylic acids is 1. The molecule has 2 saturated heterocycles. The highest BCUT2D eigenvalue weighted by molar-refractivity contribution is 6.30. The Hall–Kier alpha value is -6.27. The Labute approximate surface area is 318 Å². The quantitative estimate of drug-likeness (QED) is 0.149. The van der Waals surface area contributed by atoms with E-state index in [2.05, 4.69) is 5.43 Å². The summed E-state index contributed by atoms with van der Waals surface area (Å²) < 4.78 is 20.1. The molecule has 6 atom stereocenters. The molecule has 4 aromatic rings. The number of ether oxygens (including phenoxy) is 1. The molecule has 2 aliphatic carbocycles. The predicted molar refractivity (Wildman–Crippen MR) is 196 cm³/mol. The number of halogens is 2. The Morgan fingerprint density at radius 1 is 0.909 bits per heavy atom. The number of imide groups is 2. The molecule has 3 N–H and O–H groups in total. The van der Waals surface area contributed by atoms with Gasteiger partial charge in [-0.15, -0.1) is 0 Å². The van der Waals surface area contributed by atoms with Gasteiger partial charge in [0.1, 0.15) is 17.3 Å². The molecule has 13 heteroatoms. The van der Waals surface area contributed by atoms with Gasteiger partial charge >= 0.3 is 5.97 Å². The molecule has 0 bridgehead atoms. The summed E-state index contributed by atoms with van der Waals surface area (Å²) in [6.45, 7) is 0. The molecule has 9 rings (SSSR count). The zero-order valence-electron chi connectivity index (χ0n) is 28.8. The van der Waals surface area contributed by atoms with Gasteiger partial charge in [-0.1, -0.05) is 41.4 Å². The Balaban J connectivity index is 1.22. The van der Waals surface area contributed by atoms with E-state index in [1.165, 1.54) is 54.6 Å². The van der Waals surface area contributed by atoms with Crippen LogP contribution in [-0.4, -0.2) is 44.8 Å². The number of hydrogen-bond donors (Lipinski definition) is 3. The molecule has 4 amide bonds. The van der Waals surface area contributed by atoms with Gasteiger partial charge < -0.3 is 14.9 Å². The van der Waals surface area contributed by atoms with E-state index in [4.69, 9.17) is 16.3 Å². The van der Waals surface area contributed by atoms with E-state index in [1.54, 1.807) is 42.7 Å². The summed E-state index contributed by atoms with van der Waals surface area (Å²) in [4.78, 5) is 71.7. The molecule has 3 aliphatic heterocycles. The highest BCUT2D eigenvalue weighted by Gasteiger charge is 2.70. The van der Waals surface area contributed by atoms with E-state index < -0.39 is 70.4 Å². The summed E-state index contributed by atoms with van der Waals surface area (Å²) in [6, 6.07) is 22.3. The number of carbonyl (C=O) groups excluding carboxylic acids is 4. The maximum Gasteiger partial charge on any atom is 0.335 e. The van der Waals surface area contributed by atoms with Gasteiger partial charge in [-0.3, -0.25) is 29.5 Å². The molecule has 276 valence electrons. The van der Waals surface area contributed by atoms with Crippen LogP contribution < -0.4 is 15.1 Å². The average molecular weight is 760 g/mol. The third-order valence-electron chi connectivity index (χ3n) is 11.8. The van der Waals surface area contributed by atoms with Crippen LogP contribution in [0.2, 0.25) is 5.02 Å². The number of allylic oxidation sites excluding steroid dienone is 3. The smallest absolute Gasteiger partial charge is 0.335 e. The standard InChI is InChI=1S/C42H31ClFN3O8/c43-25-6-4-24(5-7-25)42-33(38(50)47(41(42)54)45-27-10-8-26(44)9-11-27)19-32-30(36(42)23-16-22-18-29(48)12-15-34(22)55-20-23)13-14-31-35(32)39(51)46(37(31)49)28-3-1-2-21(17-28)40(52)53/h1-13,15,17-18,20,31-33,35-36,45,48H,14,16,19H2,(H,52,53). The number of aromatic carboxylic acids is 1. The minimum Gasteiger partial charge on any atom is -0.508 e. The number of aromatic hydroxyl groups is 1. The molecular formula is C42H31ClFN3O8. The second kappa shape index (κ2) is 12.7. The van der Waals surface area contributed by atoms with Crippen molar-refractivity contribution in [2.45, 2.75) is 24.7 Å². The Bertz CT molecular complexity index is 2410. The summed E-state index contributed by atoms with van der Waals surface area (Å²) in [5, 5.41) is 21.4. The first-order valence-corrected chi connectivity index (χ1v) is 18.1. The third kappa shape index (κ3) is 5.19. The molecule has 5 aliphatic rings. The van der Waals surface area contributed by atoms with Crippen LogP contribution in [0, 0.1) is 35.4 Å². The molecule has 55 heavy (non-hydrogen) atoms.